The van der Waals surface area contributed by atoms with Crippen LogP contribution < -0.4 is 4.74 Å². The van der Waals surface area contributed by atoms with Gasteiger partial charge >= 0.3 is 47.8 Å². The van der Waals surface area contributed by atoms with Gasteiger partial charge in [0.2, 0.25) is 53.2 Å². The van der Waals surface area contributed by atoms with E-state index in [1.807, 2.05) is 0 Å². The Morgan fingerprint density at radius 3 is 1.16 bits per heavy atom. The van der Waals surface area contributed by atoms with Crippen LogP contribution >= 0.6 is 0 Å². The molecule has 25 N–H and O–H groups in total. The van der Waals surface area contributed by atoms with Crippen molar-refractivity contribution in [2.75, 3.05) is 13.2 Å². The molecule has 0 aliphatic carbocycles. The fraction of sp³-hybridized carbons (Fsp3) is 0.176. The number of fused-ring (bicyclic) bond motifs is 9. The molecule has 0 bridgehead atoms. The predicted octanol–water partition coefficient (Wildman–Crippen LogP) is 1.77. The number of aromatic hydroxyl groups is 23. The minimum Gasteiger partial charge on any atom is -0.504 e. The Bertz CT molecular complexity index is 5320. The standard InChI is InChI=1S/C68H50O44/c69-22-1-14(2-23(70)39(22)79)59(94)102-12-33-55(52(92)53(93)67(105-33)111-60(95)15-3-24(71)40(80)25(72)4-15)107-66(101)21-10-31(78)45(85)51(91)54(21)104-32-11-20-38(50(90)46(32)86)37-17(7-28(75)44(84)49(37)89)63(98)108-56-34(13-103-62(20)97)106-68(112-61(96)16-5-26(73)41(81)27(74)6-16)58-57(56)109-64(99)18-8-29(76)42(82)47(87)35(18)36-19(65(100)110-58)9-30(77)43(83)48(36)88/h1-11,33-34,52-53,55-58,67-93H,12-13H2/t33-,34+,52-,53-,55+,56-,57+,58-,67+,68-/m0/s1. The van der Waals surface area contributed by atoms with Crippen LogP contribution in [0.25, 0.3) is 22.3 Å². The van der Waals surface area contributed by atoms with E-state index in [0.29, 0.717) is 48.5 Å². The summed E-state index contributed by atoms with van der Waals surface area (Å²) in [5.41, 5.74) is -14.2. The topological polar surface area (TPSA) is 744 Å². The van der Waals surface area contributed by atoms with Crippen molar-refractivity contribution < 1.29 is 218 Å². The zero-order chi connectivity index (χ0) is 81.7. The Balaban J connectivity index is 0.943. The van der Waals surface area contributed by atoms with Crippen LogP contribution in [-0.2, 0) is 47.4 Å². The third kappa shape index (κ3) is 13.2. The normalized spacial score (nSPS) is 20.6. The van der Waals surface area contributed by atoms with Gasteiger partial charge in [0, 0.05) is 34.4 Å². The molecular weight excluding hydrogens is 1520 g/mol. The summed E-state index contributed by atoms with van der Waals surface area (Å²) in [6.07, 6.45) is -25.9. The summed E-state index contributed by atoms with van der Waals surface area (Å²) in [7, 11) is 0. The lowest BCUT2D eigenvalue weighted by Gasteiger charge is -2.44. The first-order valence-corrected chi connectivity index (χ1v) is 31.1. The lowest BCUT2D eigenvalue weighted by molar-refractivity contribution is -0.284. The van der Waals surface area contributed by atoms with E-state index in [1.165, 1.54) is 0 Å². The van der Waals surface area contributed by atoms with Gasteiger partial charge in [-0.3, -0.25) is 0 Å². The zero-order valence-electron chi connectivity index (χ0n) is 55.0. The number of benzene rings is 8. The summed E-state index contributed by atoms with van der Waals surface area (Å²) in [4.78, 5) is 115. The van der Waals surface area contributed by atoms with Crippen molar-refractivity contribution in [1.29, 1.82) is 0 Å². The van der Waals surface area contributed by atoms with Gasteiger partial charge in [0.1, 0.15) is 43.2 Å². The maximum Gasteiger partial charge on any atom is 0.342 e. The monoisotopic (exact) mass is 1570 g/mol. The molecular formula is C68H50O44. The van der Waals surface area contributed by atoms with E-state index in [9.17, 15) is 156 Å². The Labute approximate surface area is 616 Å². The van der Waals surface area contributed by atoms with E-state index in [0.717, 1.165) is 0 Å². The van der Waals surface area contributed by atoms with Gasteiger partial charge in [0.05, 0.1) is 38.9 Å². The molecule has 4 aliphatic rings. The first kappa shape index (κ1) is 76.2. The third-order valence-electron chi connectivity index (χ3n) is 17.3. The highest BCUT2D eigenvalue weighted by Crippen LogP contribution is 2.58. The number of hydrogen-bond acceptors (Lipinski definition) is 44. The van der Waals surface area contributed by atoms with Crippen LogP contribution in [0, 0.1) is 0 Å². The maximum atomic E-state index is 15.1. The molecule has 0 saturated carbocycles. The average molecular weight is 1570 g/mol. The molecule has 4 aliphatic heterocycles. The van der Waals surface area contributed by atoms with Crippen molar-refractivity contribution in [3.63, 3.8) is 0 Å². The van der Waals surface area contributed by atoms with Crippen molar-refractivity contribution in [3.8, 4) is 166 Å². The van der Waals surface area contributed by atoms with E-state index in [1.54, 1.807) is 0 Å². The van der Waals surface area contributed by atoms with Gasteiger partial charge in [-0.25, -0.2) is 38.4 Å². The highest BCUT2D eigenvalue weighted by Gasteiger charge is 2.57. The molecule has 0 spiro atoms. The summed E-state index contributed by atoms with van der Waals surface area (Å²) in [5, 5.41) is 270. The molecule has 10 atom stereocenters. The van der Waals surface area contributed by atoms with Crippen molar-refractivity contribution in [2.45, 2.75) is 61.4 Å². The van der Waals surface area contributed by atoms with Gasteiger partial charge < -0.3 is 180 Å². The summed E-state index contributed by atoms with van der Waals surface area (Å²) in [6, 6.07) is 4.48. The van der Waals surface area contributed by atoms with Crippen molar-refractivity contribution >= 4 is 47.8 Å². The second-order valence-electron chi connectivity index (χ2n) is 24.3. The first-order chi connectivity index (χ1) is 52.7. The fourth-order valence-corrected chi connectivity index (χ4v) is 11.8. The lowest BCUT2D eigenvalue weighted by atomic mass is 9.91. The predicted molar refractivity (Wildman–Crippen MR) is 345 cm³/mol. The largest absolute Gasteiger partial charge is 0.504 e. The van der Waals surface area contributed by atoms with Gasteiger partial charge in [-0.05, 0) is 54.6 Å². The summed E-state index contributed by atoms with van der Waals surface area (Å²) < 4.78 is 61.3. The number of hydrogen-bond donors (Lipinski definition) is 25. The molecule has 0 radical (unpaired) electrons. The molecule has 0 aromatic heterocycles. The van der Waals surface area contributed by atoms with Crippen molar-refractivity contribution in [2.24, 2.45) is 0 Å². The Kier molecular flexibility index (Phi) is 19.3. The maximum absolute atomic E-state index is 15.1. The highest BCUT2D eigenvalue weighted by atomic mass is 16.8. The number of esters is 8. The van der Waals surface area contributed by atoms with Crippen LogP contribution in [0.1, 0.15) is 82.9 Å². The number of phenols is 23. The molecule has 12 rings (SSSR count). The van der Waals surface area contributed by atoms with Gasteiger partial charge in [0.25, 0.3) is 0 Å². The van der Waals surface area contributed by atoms with Crippen molar-refractivity contribution in [3.05, 3.63) is 111 Å². The summed E-state index contributed by atoms with van der Waals surface area (Å²) in [6.45, 7) is -2.90. The van der Waals surface area contributed by atoms with Gasteiger partial charge in [-0.2, -0.15) is 0 Å². The minimum atomic E-state index is -2.78. The molecule has 8 aromatic rings. The third-order valence-corrected chi connectivity index (χ3v) is 17.3. The molecule has 0 amide bonds. The second kappa shape index (κ2) is 28.4. The zero-order valence-corrected chi connectivity index (χ0v) is 55.0. The van der Waals surface area contributed by atoms with E-state index in [-0.39, 0.29) is 18.2 Å². The molecule has 586 valence electrons. The van der Waals surface area contributed by atoms with E-state index < -0.39 is 333 Å². The summed E-state index contributed by atoms with van der Waals surface area (Å²) >= 11 is 0. The fourth-order valence-electron chi connectivity index (χ4n) is 11.8. The van der Waals surface area contributed by atoms with Crippen LogP contribution in [0.3, 0.4) is 0 Å². The Morgan fingerprint density at radius 2 is 0.714 bits per heavy atom. The molecule has 0 unspecified atom stereocenters. The summed E-state index contributed by atoms with van der Waals surface area (Å²) in [5.74, 6) is -50.2. The number of aliphatic hydroxyl groups excluding tert-OH is 2. The van der Waals surface area contributed by atoms with Crippen LogP contribution in [0.4, 0.5) is 0 Å². The number of cyclic esters (lactones) is 1. The van der Waals surface area contributed by atoms with Crippen molar-refractivity contribution in [1.82, 2.24) is 0 Å². The SMILES string of the molecule is O=C(OC[C@@H]1O[C@H](OC(=O)c2cc(O)c(O)c(O)c2)[C@@H](O)[C@H](O)[C@@H]1OC(=O)c1cc(O)c(O)c(O)c1Oc1cc2c(c(O)c1O)-c1c(cc(O)c(O)c1O)C(=O)O[C@@H]1[C@H]3OC(=O)c4cc(O)c(O)c(O)c4-c4c(cc(O)c(O)c4O)C(=O)O[C@@H]3[C@H](OC(=O)c3cc(O)c(O)c(O)c3)O[C@@H]1COC2=O)c1cc(O)c(O)c(O)c1. The van der Waals surface area contributed by atoms with Crippen LogP contribution in [0.15, 0.2) is 66.7 Å². The van der Waals surface area contributed by atoms with E-state index >= 15 is 9.59 Å². The molecule has 112 heavy (non-hydrogen) atoms. The molecule has 44 heteroatoms. The number of phenolic OH excluding ortho intramolecular Hbond substituents is 23. The first-order valence-electron chi connectivity index (χ1n) is 31.1. The van der Waals surface area contributed by atoms with Crippen LogP contribution in [0.5, 0.6) is 144 Å². The number of rotatable bonds is 11. The average Bonchev–Trinajstić information content (AvgIpc) is 1.10. The molecule has 2 saturated heterocycles. The van der Waals surface area contributed by atoms with Gasteiger partial charge in [0.15, 0.2) is 128 Å². The Morgan fingerprint density at radius 1 is 0.348 bits per heavy atom. The van der Waals surface area contributed by atoms with Crippen LogP contribution in [-0.4, -0.2) is 250 Å². The van der Waals surface area contributed by atoms with Gasteiger partial charge in [-0.15, -0.1) is 0 Å². The molecule has 2 fully saturated rings. The molecule has 4 heterocycles. The highest BCUT2D eigenvalue weighted by molar-refractivity contribution is 6.10. The number of carbonyl (C=O) groups excluding carboxylic acids is 8. The van der Waals surface area contributed by atoms with E-state index in [4.69, 9.17) is 52.1 Å². The van der Waals surface area contributed by atoms with Crippen LogP contribution in [0.2, 0.25) is 0 Å². The number of ether oxygens (including phenoxy) is 11. The quantitative estimate of drug-likeness (QED) is 0.0498. The lowest BCUT2D eigenvalue weighted by Crippen LogP contribution is -2.63. The number of aliphatic hydroxyl groups is 2. The Hall–Kier alpha value is -15.4. The molecule has 8 aromatic carbocycles. The van der Waals surface area contributed by atoms with E-state index in [2.05, 4.69) is 0 Å². The van der Waals surface area contributed by atoms with Gasteiger partial charge in [-0.1, -0.05) is 0 Å². The molecule has 44 nitrogen and oxygen atoms in total. The second-order valence-corrected chi connectivity index (χ2v) is 24.3. The minimum absolute atomic E-state index is 0.208. The number of carbonyl (C=O) groups is 8. The smallest absolute Gasteiger partial charge is 0.342 e.